The van der Waals surface area contributed by atoms with Crippen molar-refractivity contribution in [3.05, 3.63) is 16.1 Å². The van der Waals surface area contributed by atoms with E-state index in [2.05, 4.69) is 30.9 Å². The first-order valence-electron chi connectivity index (χ1n) is 10.3. The standard InChI is InChI=1S/C20H33N5OS/c1-15-14-27-18(23-15)9-6-11-22-20(21-2)24-17-10-12-25(13-17)19(26)16-7-4-3-5-8-16/h14,16-17H,3-13H2,1-2H3,(H2,21,22,24). The highest BCUT2D eigenvalue weighted by atomic mass is 32.1. The van der Waals surface area contributed by atoms with Crippen LogP contribution in [0.3, 0.4) is 0 Å². The molecule has 2 N–H and O–H groups in total. The predicted octanol–water partition coefficient (Wildman–Crippen LogP) is 2.73. The first-order chi connectivity index (χ1) is 13.2. The van der Waals surface area contributed by atoms with Gasteiger partial charge in [-0.1, -0.05) is 19.3 Å². The zero-order chi connectivity index (χ0) is 19.1. The lowest BCUT2D eigenvalue weighted by atomic mass is 9.88. The summed E-state index contributed by atoms with van der Waals surface area (Å²) < 4.78 is 0. The number of carbonyl (C=O) groups excluding carboxylic acids is 1. The number of likely N-dealkylation sites (tertiary alicyclic amines) is 1. The molecule has 0 spiro atoms. The van der Waals surface area contributed by atoms with Crippen molar-refractivity contribution < 1.29 is 4.79 Å². The quantitative estimate of drug-likeness (QED) is 0.444. The van der Waals surface area contributed by atoms with Gasteiger partial charge in [0.2, 0.25) is 5.91 Å². The normalized spacial score (nSPS) is 21.5. The lowest BCUT2D eigenvalue weighted by molar-refractivity contribution is -0.135. The van der Waals surface area contributed by atoms with Crippen molar-refractivity contribution in [3.63, 3.8) is 0 Å². The molecule has 2 fully saturated rings. The molecule has 7 heteroatoms. The van der Waals surface area contributed by atoms with E-state index in [-0.39, 0.29) is 5.92 Å². The molecule has 1 saturated heterocycles. The molecule has 1 saturated carbocycles. The van der Waals surface area contributed by atoms with Gasteiger partial charge in [0.15, 0.2) is 5.96 Å². The minimum Gasteiger partial charge on any atom is -0.356 e. The Balaban J connectivity index is 1.36. The summed E-state index contributed by atoms with van der Waals surface area (Å²) in [7, 11) is 1.80. The van der Waals surface area contributed by atoms with Gasteiger partial charge in [0.1, 0.15) is 0 Å². The number of rotatable bonds is 6. The van der Waals surface area contributed by atoms with Gasteiger partial charge in [-0.2, -0.15) is 0 Å². The van der Waals surface area contributed by atoms with E-state index in [1.54, 1.807) is 18.4 Å². The van der Waals surface area contributed by atoms with E-state index in [0.29, 0.717) is 11.9 Å². The maximum Gasteiger partial charge on any atom is 0.225 e. The Morgan fingerprint density at radius 1 is 1.33 bits per heavy atom. The van der Waals surface area contributed by atoms with Crippen molar-refractivity contribution in [1.29, 1.82) is 0 Å². The van der Waals surface area contributed by atoms with E-state index in [0.717, 1.165) is 63.4 Å². The summed E-state index contributed by atoms with van der Waals surface area (Å²) in [4.78, 5) is 23.6. The number of hydrogen-bond donors (Lipinski definition) is 2. The fraction of sp³-hybridized carbons (Fsp3) is 0.750. The van der Waals surface area contributed by atoms with Crippen molar-refractivity contribution in [2.75, 3.05) is 26.7 Å². The molecule has 27 heavy (non-hydrogen) atoms. The number of aliphatic imine (C=N–C) groups is 1. The van der Waals surface area contributed by atoms with Crippen molar-refractivity contribution in [1.82, 2.24) is 20.5 Å². The number of hydrogen-bond acceptors (Lipinski definition) is 4. The molecule has 0 aromatic carbocycles. The molecule has 2 aliphatic rings. The van der Waals surface area contributed by atoms with Crippen molar-refractivity contribution in [2.45, 2.75) is 64.3 Å². The van der Waals surface area contributed by atoms with Gasteiger partial charge in [-0.15, -0.1) is 11.3 Å². The van der Waals surface area contributed by atoms with E-state index in [1.807, 2.05) is 6.92 Å². The molecule has 1 unspecified atom stereocenters. The van der Waals surface area contributed by atoms with E-state index in [9.17, 15) is 4.79 Å². The van der Waals surface area contributed by atoms with Crippen molar-refractivity contribution >= 4 is 23.2 Å². The fourth-order valence-corrected chi connectivity index (χ4v) is 4.86. The average molecular weight is 392 g/mol. The molecule has 150 valence electrons. The molecular weight excluding hydrogens is 358 g/mol. The smallest absolute Gasteiger partial charge is 0.225 e. The lowest BCUT2D eigenvalue weighted by Gasteiger charge is -2.26. The van der Waals surface area contributed by atoms with Crippen LogP contribution in [0.4, 0.5) is 0 Å². The highest BCUT2D eigenvalue weighted by molar-refractivity contribution is 7.09. The molecule has 0 bridgehead atoms. The molecule has 0 radical (unpaired) electrons. The Morgan fingerprint density at radius 3 is 2.85 bits per heavy atom. The molecule has 2 heterocycles. The number of guanidine groups is 1. The van der Waals surface area contributed by atoms with Crippen LogP contribution in [-0.4, -0.2) is 54.5 Å². The van der Waals surface area contributed by atoms with Crippen LogP contribution in [-0.2, 0) is 11.2 Å². The first-order valence-corrected chi connectivity index (χ1v) is 11.2. The largest absolute Gasteiger partial charge is 0.356 e. The maximum atomic E-state index is 12.7. The number of aryl methyl sites for hydroxylation is 2. The van der Waals surface area contributed by atoms with Gasteiger partial charge in [0.25, 0.3) is 0 Å². The third kappa shape index (κ3) is 5.92. The van der Waals surface area contributed by atoms with Gasteiger partial charge in [-0.25, -0.2) is 4.98 Å². The highest BCUT2D eigenvalue weighted by Gasteiger charge is 2.31. The highest BCUT2D eigenvalue weighted by Crippen LogP contribution is 2.26. The van der Waals surface area contributed by atoms with Crippen molar-refractivity contribution in [3.8, 4) is 0 Å². The zero-order valence-electron chi connectivity index (χ0n) is 16.7. The molecule has 1 aliphatic carbocycles. The Labute approximate surface area is 166 Å². The second kappa shape index (κ2) is 10.1. The van der Waals surface area contributed by atoms with E-state index in [1.165, 1.54) is 24.3 Å². The minimum atomic E-state index is 0.268. The average Bonchev–Trinajstić information content (AvgIpc) is 3.33. The number of aromatic nitrogens is 1. The van der Waals surface area contributed by atoms with Crippen molar-refractivity contribution in [2.24, 2.45) is 10.9 Å². The monoisotopic (exact) mass is 391 g/mol. The van der Waals surface area contributed by atoms with E-state index < -0.39 is 0 Å². The number of nitrogens with one attached hydrogen (secondary N) is 2. The van der Waals surface area contributed by atoms with Crippen LogP contribution in [0.1, 0.15) is 55.6 Å². The second-order valence-corrected chi connectivity index (χ2v) is 8.68. The van der Waals surface area contributed by atoms with Crippen LogP contribution in [0.5, 0.6) is 0 Å². The Morgan fingerprint density at radius 2 is 2.15 bits per heavy atom. The molecule has 1 aromatic heterocycles. The summed E-state index contributed by atoms with van der Waals surface area (Å²) in [6.07, 6.45) is 8.90. The molecule has 1 aliphatic heterocycles. The predicted molar refractivity (Wildman–Crippen MR) is 111 cm³/mol. The summed E-state index contributed by atoms with van der Waals surface area (Å²) in [5.74, 6) is 1.48. The molecular formula is C20H33N5OS. The summed E-state index contributed by atoms with van der Waals surface area (Å²) in [5.41, 5.74) is 1.11. The summed E-state index contributed by atoms with van der Waals surface area (Å²) >= 11 is 1.73. The van der Waals surface area contributed by atoms with Crippen LogP contribution >= 0.6 is 11.3 Å². The number of carbonyl (C=O) groups is 1. The van der Waals surface area contributed by atoms with Crippen LogP contribution in [0.15, 0.2) is 10.4 Å². The SMILES string of the molecule is CN=C(NCCCc1nc(C)cs1)NC1CCN(C(=O)C2CCCCC2)C1. The number of thiazole rings is 1. The number of nitrogens with zero attached hydrogens (tertiary/aromatic N) is 3. The third-order valence-electron chi connectivity index (χ3n) is 5.55. The van der Waals surface area contributed by atoms with Crippen LogP contribution in [0, 0.1) is 12.8 Å². The Bertz CT molecular complexity index is 638. The van der Waals surface area contributed by atoms with Crippen LogP contribution < -0.4 is 10.6 Å². The van der Waals surface area contributed by atoms with Gasteiger partial charge in [-0.3, -0.25) is 9.79 Å². The number of amides is 1. The summed E-state index contributed by atoms with van der Waals surface area (Å²) in [5, 5.41) is 10.2. The minimum absolute atomic E-state index is 0.268. The van der Waals surface area contributed by atoms with Gasteiger partial charge in [0.05, 0.1) is 5.01 Å². The lowest BCUT2D eigenvalue weighted by Crippen LogP contribution is -2.45. The Kier molecular flexibility index (Phi) is 7.50. The molecule has 1 aromatic rings. The van der Waals surface area contributed by atoms with Gasteiger partial charge in [-0.05, 0) is 32.6 Å². The third-order valence-corrected chi connectivity index (χ3v) is 6.57. The van der Waals surface area contributed by atoms with Crippen LogP contribution in [0.25, 0.3) is 0 Å². The van der Waals surface area contributed by atoms with Gasteiger partial charge in [0, 0.05) is 56.1 Å². The van der Waals surface area contributed by atoms with Gasteiger partial charge < -0.3 is 15.5 Å². The Hall–Kier alpha value is -1.63. The fourth-order valence-electron chi connectivity index (χ4n) is 4.04. The summed E-state index contributed by atoms with van der Waals surface area (Å²) in [6, 6.07) is 0.297. The summed E-state index contributed by atoms with van der Waals surface area (Å²) in [6.45, 7) is 4.57. The maximum absolute atomic E-state index is 12.7. The topological polar surface area (TPSA) is 69.6 Å². The first kappa shape index (κ1) is 20.1. The zero-order valence-corrected chi connectivity index (χ0v) is 17.5. The second-order valence-electron chi connectivity index (χ2n) is 7.73. The molecule has 3 rings (SSSR count). The van der Waals surface area contributed by atoms with E-state index in [4.69, 9.17) is 0 Å². The molecule has 1 amide bonds. The molecule has 6 nitrogen and oxygen atoms in total. The van der Waals surface area contributed by atoms with Gasteiger partial charge >= 0.3 is 0 Å². The van der Waals surface area contributed by atoms with E-state index >= 15 is 0 Å². The molecule has 1 atom stereocenters. The van der Waals surface area contributed by atoms with Crippen LogP contribution in [0.2, 0.25) is 0 Å².